The molecule has 3 heterocycles. The topological polar surface area (TPSA) is 74.9 Å². The average Bonchev–Trinajstić information content (AvgIpc) is 3.41. The Balaban J connectivity index is 1.22. The van der Waals surface area contributed by atoms with Gasteiger partial charge in [0.25, 0.3) is 0 Å². The normalized spacial score (nSPS) is 44.8. The largest absolute Gasteiger partial charge is 0.375 e. The highest BCUT2D eigenvalue weighted by Crippen LogP contribution is 2.34. The minimum absolute atomic E-state index is 0.00967. The van der Waals surface area contributed by atoms with Crippen molar-refractivity contribution in [1.29, 1.82) is 0 Å². The summed E-state index contributed by atoms with van der Waals surface area (Å²) in [5.74, 6) is 2.47. The van der Waals surface area contributed by atoms with Crippen molar-refractivity contribution in [1.82, 2.24) is 21.2 Å². The molecule has 4 aliphatic rings. The van der Waals surface area contributed by atoms with Gasteiger partial charge < -0.3 is 10.1 Å². The second-order valence-corrected chi connectivity index (χ2v) is 9.62. The predicted molar refractivity (Wildman–Crippen MR) is 107 cm³/mol. The number of nitrogens with zero attached hydrogens (tertiary/aromatic N) is 1. The van der Waals surface area contributed by atoms with E-state index in [1.807, 2.05) is 0 Å². The molecule has 1 aliphatic carbocycles. The Hall–Kier alpha value is -0.730. The van der Waals surface area contributed by atoms with Gasteiger partial charge in [0, 0.05) is 32.2 Å². The van der Waals surface area contributed by atoms with Crippen LogP contribution in [-0.2, 0) is 14.4 Å². The SMILES string of the molecule is CC1CCC(CN2NCC(NC(=O)C3CC(C4CCCO4)ON3)C2C)CC1C. The van der Waals surface area contributed by atoms with Gasteiger partial charge >= 0.3 is 0 Å². The molecular weight excluding hydrogens is 356 g/mol. The fourth-order valence-electron chi connectivity index (χ4n) is 5.32. The van der Waals surface area contributed by atoms with Crippen molar-refractivity contribution in [3.63, 3.8) is 0 Å². The molecule has 7 nitrogen and oxygen atoms in total. The number of hydrogen-bond acceptors (Lipinski definition) is 6. The fourth-order valence-corrected chi connectivity index (χ4v) is 5.32. The van der Waals surface area contributed by atoms with E-state index in [0.717, 1.165) is 50.3 Å². The van der Waals surface area contributed by atoms with E-state index in [9.17, 15) is 4.79 Å². The van der Waals surface area contributed by atoms with Crippen LogP contribution in [0.4, 0.5) is 0 Å². The molecule has 8 atom stereocenters. The van der Waals surface area contributed by atoms with Crippen LogP contribution in [0.15, 0.2) is 0 Å². The molecule has 3 saturated heterocycles. The Morgan fingerprint density at radius 2 is 1.96 bits per heavy atom. The van der Waals surface area contributed by atoms with Gasteiger partial charge in [-0.1, -0.05) is 20.3 Å². The van der Waals surface area contributed by atoms with E-state index in [1.54, 1.807) is 0 Å². The minimum Gasteiger partial charge on any atom is -0.375 e. The van der Waals surface area contributed by atoms with Crippen LogP contribution >= 0.6 is 0 Å². The summed E-state index contributed by atoms with van der Waals surface area (Å²) < 4.78 is 5.70. The van der Waals surface area contributed by atoms with Gasteiger partial charge in [0.2, 0.25) is 5.91 Å². The molecule has 7 heteroatoms. The second-order valence-electron chi connectivity index (χ2n) is 9.62. The summed E-state index contributed by atoms with van der Waals surface area (Å²) in [6, 6.07) is 0.155. The van der Waals surface area contributed by atoms with Crippen LogP contribution in [0.25, 0.3) is 0 Å². The highest BCUT2D eigenvalue weighted by atomic mass is 16.7. The summed E-state index contributed by atoms with van der Waals surface area (Å²) in [5, 5.41) is 5.59. The maximum Gasteiger partial charge on any atom is 0.239 e. The minimum atomic E-state index is -0.281. The first kappa shape index (κ1) is 20.5. The van der Waals surface area contributed by atoms with Crippen molar-refractivity contribution in [2.24, 2.45) is 17.8 Å². The molecule has 3 aliphatic heterocycles. The number of hydrogen-bond donors (Lipinski definition) is 3. The van der Waals surface area contributed by atoms with Crippen molar-refractivity contribution in [3.8, 4) is 0 Å². The van der Waals surface area contributed by atoms with Crippen LogP contribution < -0.4 is 16.2 Å². The molecule has 28 heavy (non-hydrogen) atoms. The number of hydroxylamine groups is 1. The number of hydrazine groups is 1. The van der Waals surface area contributed by atoms with Crippen molar-refractivity contribution in [2.45, 2.75) is 89.6 Å². The Labute approximate surface area is 169 Å². The van der Waals surface area contributed by atoms with Crippen LogP contribution in [0.5, 0.6) is 0 Å². The third-order valence-electron chi connectivity index (χ3n) is 7.60. The molecule has 0 bridgehead atoms. The number of amides is 1. The van der Waals surface area contributed by atoms with E-state index in [-0.39, 0.29) is 30.2 Å². The first-order valence-electron chi connectivity index (χ1n) is 11.3. The van der Waals surface area contributed by atoms with Crippen LogP contribution in [0.3, 0.4) is 0 Å². The standard InChI is InChI=1S/C21H38N4O3/c1-13-6-7-16(9-14(13)2)12-25-15(3)18(11-22-25)23-21(26)17-10-20(28-24-17)19-5-4-8-27-19/h13-20,22,24H,4-12H2,1-3H3,(H,23,26). The third kappa shape index (κ3) is 4.54. The van der Waals surface area contributed by atoms with Crippen molar-refractivity contribution >= 4 is 5.91 Å². The predicted octanol–water partition coefficient (Wildman–Crippen LogP) is 1.59. The average molecular weight is 395 g/mol. The molecule has 0 aromatic carbocycles. The van der Waals surface area contributed by atoms with Crippen molar-refractivity contribution in [3.05, 3.63) is 0 Å². The number of nitrogens with one attached hydrogen (secondary N) is 3. The van der Waals surface area contributed by atoms with Gasteiger partial charge in [0.1, 0.15) is 12.1 Å². The first-order valence-corrected chi connectivity index (χ1v) is 11.3. The molecule has 0 aromatic rings. The van der Waals surface area contributed by atoms with Gasteiger partial charge in [-0.25, -0.2) is 5.01 Å². The third-order valence-corrected chi connectivity index (χ3v) is 7.60. The van der Waals surface area contributed by atoms with E-state index < -0.39 is 0 Å². The zero-order valence-electron chi connectivity index (χ0n) is 17.7. The van der Waals surface area contributed by atoms with Gasteiger partial charge in [-0.3, -0.25) is 15.1 Å². The van der Waals surface area contributed by atoms with Gasteiger partial charge in [-0.2, -0.15) is 5.48 Å². The zero-order valence-corrected chi connectivity index (χ0v) is 17.7. The molecule has 3 N–H and O–H groups in total. The molecule has 1 amide bonds. The summed E-state index contributed by atoms with van der Waals surface area (Å²) in [6.07, 6.45) is 6.90. The fraction of sp³-hybridized carbons (Fsp3) is 0.952. The van der Waals surface area contributed by atoms with Crippen LogP contribution in [-0.4, -0.2) is 60.9 Å². The lowest BCUT2D eigenvalue weighted by Gasteiger charge is -2.35. The molecule has 4 fully saturated rings. The molecule has 4 rings (SSSR count). The van der Waals surface area contributed by atoms with Crippen LogP contribution in [0.1, 0.15) is 59.3 Å². The summed E-state index contributed by atoms with van der Waals surface area (Å²) in [4.78, 5) is 18.4. The maximum absolute atomic E-state index is 12.7. The summed E-state index contributed by atoms with van der Waals surface area (Å²) >= 11 is 0. The van der Waals surface area contributed by atoms with Crippen LogP contribution in [0.2, 0.25) is 0 Å². The van der Waals surface area contributed by atoms with Gasteiger partial charge in [0.05, 0.1) is 12.1 Å². The number of rotatable bonds is 5. The Bertz CT molecular complexity index is 542. The van der Waals surface area contributed by atoms with Crippen LogP contribution in [0, 0.1) is 17.8 Å². The van der Waals surface area contributed by atoms with Gasteiger partial charge in [-0.05, 0) is 50.4 Å². The lowest BCUT2D eigenvalue weighted by Crippen LogP contribution is -2.50. The van der Waals surface area contributed by atoms with E-state index in [1.165, 1.54) is 19.3 Å². The lowest BCUT2D eigenvalue weighted by atomic mass is 9.76. The lowest BCUT2D eigenvalue weighted by molar-refractivity contribution is -0.125. The highest BCUT2D eigenvalue weighted by Gasteiger charge is 2.40. The van der Waals surface area contributed by atoms with Crippen molar-refractivity contribution in [2.75, 3.05) is 19.7 Å². The smallest absolute Gasteiger partial charge is 0.239 e. The molecular formula is C21H38N4O3. The highest BCUT2D eigenvalue weighted by molar-refractivity contribution is 5.82. The zero-order chi connectivity index (χ0) is 19.7. The molecule has 0 radical (unpaired) electrons. The van der Waals surface area contributed by atoms with Gasteiger partial charge in [0.15, 0.2) is 0 Å². The molecule has 1 saturated carbocycles. The molecule has 0 spiro atoms. The maximum atomic E-state index is 12.7. The molecule has 0 aromatic heterocycles. The number of carbonyl (C=O) groups excluding carboxylic acids is 1. The molecule has 8 unspecified atom stereocenters. The monoisotopic (exact) mass is 394 g/mol. The molecule has 160 valence electrons. The van der Waals surface area contributed by atoms with Crippen molar-refractivity contribution < 1.29 is 14.4 Å². The second kappa shape index (κ2) is 8.96. The van der Waals surface area contributed by atoms with E-state index >= 15 is 0 Å². The summed E-state index contributed by atoms with van der Waals surface area (Å²) in [5.41, 5.74) is 6.46. The summed E-state index contributed by atoms with van der Waals surface area (Å²) in [6.45, 7) is 9.67. The Morgan fingerprint density at radius 1 is 1.11 bits per heavy atom. The number of carbonyl (C=O) groups is 1. The van der Waals surface area contributed by atoms with Gasteiger partial charge in [-0.15, -0.1) is 0 Å². The quantitative estimate of drug-likeness (QED) is 0.658. The Kier molecular flexibility index (Phi) is 6.57. The van der Waals surface area contributed by atoms with E-state index in [2.05, 4.69) is 42.0 Å². The van der Waals surface area contributed by atoms with E-state index in [0.29, 0.717) is 12.5 Å². The first-order chi connectivity index (χ1) is 13.5. The van der Waals surface area contributed by atoms with E-state index in [4.69, 9.17) is 9.57 Å². The Morgan fingerprint density at radius 3 is 2.71 bits per heavy atom. The number of ether oxygens (including phenoxy) is 1. The summed E-state index contributed by atoms with van der Waals surface area (Å²) in [7, 11) is 0.